The van der Waals surface area contributed by atoms with Crippen molar-refractivity contribution < 1.29 is 4.39 Å². The number of hydrogen-bond acceptors (Lipinski definition) is 3. The molecular formula is C26H17BrFN5O2. The first-order valence-corrected chi connectivity index (χ1v) is 11.6. The van der Waals surface area contributed by atoms with Crippen LogP contribution in [0.5, 0.6) is 0 Å². The van der Waals surface area contributed by atoms with E-state index in [1.807, 2.05) is 65.2 Å². The van der Waals surface area contributed by atoms with Gasteiger partial charge in [0.1, 0.15) is 10.4 Å². The van der Waals surface area contributed by atoms with Crippen LogP contribution in [-0.2, 0) is 6.54 Å². The van der Waals surface area contributed by atoms with Crippen molar-refractivity contribution in [2.45, 2.75) is 6.54 Å². The summed E-state index contributed by atoms with van der Waals surface area (Å²) < 4.78 is 19.3. The van der Waals surface area contributed by atoms with E-state index in [4.69, 9.17) is 4.98 Å². The van der Waals surface area contributed by atoms with Crippen LogP contribution in [0.2, 0.25) is 0 Å². The van der Waals surface area contributed by atoms with Gasteiger partial charge in [-0.1, -0.05) is 48.5 Å². The minimum absolute atomic E-state index is 0.237. The van der Waals surface area contributed by atoms with Gasteiger partial charge in [0.2, 0.25) is 5.78 Å². The van der Waals surface area contributed by atoms with Gasteiger partial charge in [0, 0.05) is 11.3 Å². The summed E-state index contributed by atoms with van der Waals surface area (Å²) in [7, 11) is 0. The lowest BCUT2D eigenvalue weighted by Gasteiger charge is -2.10. The first-order valence-electron chi connectivity index (χ1n) is 10.8. The minimum Gasteiger partial charge on any atom is -0.277 e. The van der Waals surface area contributed by atoms with Gasteiger partial charge in [-0.15, -0.1) is 0 Å². The molecule has 0 aliphatic carbocycles. The first kappa shape index (κ1) is 21.3. The molecule has 7 nitrogen and oxygen atoms in total. The molecule has 3 heterocycles. The van der Waals surface area contributed by atoms with Crippen LogP contribution in [-0.4, -0.2) is 23.5 Å². The summed E-state index contributed by atoms with van der Waals surface area (Å²) in [4.78, 5) is 33.1. The molecule has 172 valence electrons. The highest BCUT2D eigenvalue weighted by atomic mass is 79.9. The summed E-state index contributed by atoms with van der Waals surface area (Å²) in [5.74, 6) is 0.0922. The fourth-order valence-corrected chi connectivity index (χ4v) is 5.08. The van der Waals surface area contributed by atoms with Crippen LogP contribution >= 0.6 is 15.9 Å². The van der Waals surface area contributed by atoms with Gasteiger partial charge in [-0.05, 0) is 57.9 Å². The Kier molecular flexibility index (Phi) is 5.00. The molecule has 6 aromatic rings. The third-order valence-electron chi connectivity index (χ3n) is 5.91. The molecular weight excluding hydrogens is 513 g/mol. The number of rotatable bonds is 4. The van der Waals surface area contributed by atoms with Crippen molar-refractivity contribution in [2.75, 3.05) is 0 Å². The Hall–Kier alpha value is -4.24. The number of H-pyrrole nitrogens is 1. The Morgan fingerprint density at radius 2 is 1.54 bits per heavy atom. The Morgan fingerprint density at radius 1 is 0.886 bits per heavy atom. The van der Waals surface area contributed by atoms with Gasteiger partial charge in [-0.3, -0.25) is 23.3 Å². The number of nitrogens with one attached hydrogen (secondary N) is 1. The van der Waals surface area contributed by atoms with Crippen LogP contribution in [0.1, 0.15) is 5.56 Å². The Morgan fingerprint density at radius 3 is 2.23 bits per heavy atom. The monoisotopic (exact) mass is 529 g/mol. The van der Waals surface area contributed by atoms with Gasteiger partial charge in [0.25, 0.3) is 5.56 Å². The van der Waals surface area contributed by atoms with E-state index in [2.05, 4.69) is 20.9 Å². The molecule has 0 unspecified atom stereocenters. The quantitative estimate of drug-likeness (QED) is 0.358. The number of benzene rings is 3. The average molecular weight is 530 g/mol. The van der Waals surface area contributed by atoms with Crippen molar-refractivity contribution in [2.24, 2.45) is 0 Å². The van der Waals surface area contributed by atoms with Gasteiger partial charge in [-0.25, -0.2) is 9.18 Å². The van der Waals surface area contributed by atoms with E-state index in [1.165, 1.54) is 16.7 Å². The van der Waals surface area contributed by atoms with Crippen LogP contribution in [0, 0.1) is 5.82 Å². The van der Waals surface area contributed by atoms with Crippen LogP contribution in [0.25, 0.3) is 33.9 Å². The zero-order chi connectivity index (χ0) is 24.1. The Bertz CT molecular complexity index is 1820. The number of fused-ring (bicyclic) bond motifs is 3. The number of nitrogens with zero attached hydrogens (tertiary/aromatic N) is 4. The zero-order valence-electron chi connectivity index (χ0n) is 18.2. The van der Waals surface area contributed by atoms with Crippen molar-refractivity contribution >= 4 is 32.9 Å². The molecule has 35 heavy (non-hydrogen) atoms. The molecule has 0 aliphatic heterocycles. The van der Waals surface area contributed by atoms with E-state index < -0.39 is 11.2 Å². The van der Waals surface area contributed by atoms with Crippen LogP contribution in [0.3, 0.4) is 0 Å². The number of halogens is 2. The molecule has 1 N–H and O–H groups in total. The lowest BCUT2D eigenvalue weighted by molar-refractivity contribution is 0.628. The minimum atomic E-state index is -0.543. The summed E-state index contributed by atoms with van der Waals surface area (Å²) in [6.07, 6.45) is 0. The Labute approximate surface area is 205 Å². The second kappa shape index (κ2) is 8.21. The Balaban J connectivity index is 1.72. The number of para-hydroxylation sites is 1. The van der Waals surface area contributed by atoms with E-state index in [-0.39, 0.29) is 23.5 Å². The molecule has 3 aromatic carbocycles. The molecule has 3 aromatic heterocycles. The first-order chi connectivity index (χ1) is 17.0. The lowest BCUT2D eigenvalue weighted by atomic mass is 10.1. The summed E-state index contributed by atoms with van der Waals surface area (Å²) in [6, 6.07) is 25.1. The largest absolute Gasteiger partial charge is 0.330 e. The second-order valence-electron chi connectivity index (χ2n) is 8.07. The van der Waals surface area contributed by atoms with Crippen LogP contribution in [0.4, 0.5) is 4.39 Å². The molecule has 9 heteroatoms. The van der Waals surface area contributed by atoms with Crippen molar-refractivity contribution in [3.63, 3.8) is 0 Å². The number of hydrogen-bond donors (Lipinski definition) is 1. The van der Waals surface area contributed by atoms with Crippen molar-refractivity contribution in [1.82, 2.24) is 23.5 Å². The third-order valence-corrected chi connectivity index (χ3v) is 6.64. The van der Waals surface area contributed by atoms with Crippen molar-refractivity contribution in [3.8, 4) is 16.9 Å². The predicted octanol–water partition coefficient (Wildman–Crippen LogP) is 4.75. The zero-order valence-corrected chi connectivity index (χ0v) is 19.7. The number of aromatic nitrogens is 5. The summed E-state index contributed by atoms with van der Waals surface area (Å²) in [5.41, 5.74) is 2.56. The van der Waals surface area contributed by atoms with Gasteiger partial charge < -0.3 is 0 Å². The maximum Gasteiger partial charge on any atom is 0.330 e. The maximum absolute atomic E-state index is 13.7. The molecule has 0 aliphatic rings. The normalized spacial score (nSPS) is 11.5. The molecule has 0 bridgehead atoms. The molecule has 0 atom stereocenters. The standard InChI is InChI=1S/C26H17BrFN5O2/c27-22-20(17-11-13-18(28)14-12-17)32(19-9-5-2-6-10-19)25-29-23-21(33(22)25)24(34)30-26(35)31(23)15-16-7-3-1-4-8-16/h1-14H,15H2,(H,30,34,35). The summed E-state index contributed by atoms with van der Waals surface area (Å²) >= 11 is 3.67. The van der Waals surface area contributed by atoms with E-state index >= 15 is 0 Å². The van der Waals surface area contributed by atoms with Crippen molar-refractivity contribution in [1.29, 1.82) is 0 Å². The van der Waals surface area contributed by atoms with Gasteiger partial charge in [0.05, 0.1) is 12.2 Å². The fraction of sp³-hybridized carbons (Fsp3) is 0.0385. The summed E-state index contributed by atoms with van der Waals surface area (Å²) in [5, 5.41) is 0. The fourth-order valence-electron chi connectivity index (χ4n) is 4.33. The van der Waals surface area contributed by atoms with Gasteiger partial charge >= 0.3 is 5.69 Å². The van der Waals surface area contributed by atoms with E-state index in [1.54, 1.807) is 16.5 Å². The van der Waals surface area contributed by atoms with Crippen molar-refractivity contribution in [3.05, 3.63) is 122 Å². The molecule has 6 rings (SSSR count). The molecule has 0 saturated heterocycles. The SMILES string of the molecule is O=c1[nH]c(=O)n(Cc2ccccc2)c2nc3n(-c4ccccc4)c(-c4ccc(F)cc4)c(Br)n3c12. The highest BCUT2D eigenvalue weighted by Crippen LogP contribution is 2.36. The molecule has 0 saturated carbocycles. The van der Waals surface area contributed by atoms with E-state index in [9.17, 15) is 14.0 Å². The summed E-state index contributed by atoms with van der Waals surface area (Å²) in [6.45, 7) is 0.251. The molecule has 0 fully saturated rings. The van der Waals surface area contributed by atoms with E-state index in [0.717, 1.165) is 16.8 Å². The smallest absolute Gasteiger partial charge is 0.277 e. The van der Waals surface area contributed by atoms with Gasteiger partial charge in [-0.2, -0.15) is 4.98 Å². The lowest BCUT2D eigenvalue weighted by Crippen LogP contribution is -2.31. The third kappa shape index (κ3) is 3.43. The topological polar surface area (TPSA) is 77.1 Å². The van der Waals surface area contributed by atoms with Crippen LogP contribution in [0.15, 0.2) is 99.1 Å². The van der Waals surface area contributed by atoms with Gasteiger partial charge in [0.15, 0.2) is 11.2 Å². The molecule has 0 radical (unpaired) electrons. The predicted molar refractivity (Wildman–Crippen MR) is 136 cm³/mol. The van der Waals surface area contributed by atoms with E-state index in [0.29, 0.717) is 16.1 Å². The van der Waals surface area contributed by atoms with Crippen LogP contribution < -0.4 is 11.2 Å². The highest BCUT2D eigenvalue weighted by molar-refractivity contribution is 9.10. The molecule has 0 amide bonds. The highest BCUT2D eigenvalue weighted by Gasteiger charge is 2.25. The number of imidazole rings is 2. The second-order valence-corrected chi connectivity index (χ2v) is 8.82. The number of aromatic amines is 1. The maximum atomic E-state index is 13.7. The molecule has 0 spiro atoms. The average Bonchev–Trinajstić information content (AvgIpc) is 3.39.